The van der Waals surface area contributed by atoms with Crippen LogP contribution in [-0.4, -0.2) is 58.0 Å². The number of rotatable bonds is 6. The maximum atomic E-state index is 12.7. The third-order valence-corrected chi connectivity index (χ3v) is 5.80. The fraction of sp³-hybridized carbons (Fsp3) is 0.500. The standard InChI is InChI=1S/C22H30N4O2/c1-15-22(17(3)27)16(2)26(23-15)11-10-21(28)25(5)14-20-12-18-8-6-7-9-19(18)13-24(20)4/h6-9,20H,10-14H2,1-5H3/t20-/m0/s1. The Morgan fingerprint density at radius 1 is 1.21 bits per heavy atom. The van der Waals surface area contributed by atoms with Crippen molar-refractivity contribution in [2.75, 3.05) is 20.6 Å². The molecule has 0 fully saturated rings. The third kappa shape index (κ3) is 4.17. The Morgan fingerprint density at radius 3 is 2.54 bits per heavy atom. The highest BCUT2D eigenvalue weighted by Crippen LogP contribution is 2.22. The first-order chi connectivity index (χ1) is 13.3. The van der Waals surface area contributed by atoms with E-state index in [0.717, 1.165) is 24.4 Å². The van der Waals surface area contributed by atoms with Crippen LogP contribution in [0.4, 0.5) is 0 Å². The van der Waals surface area contributed by atoms with Gasteiger partial charge in [-0.15, -0.1) is 0 Å². The molecule has 0 aliphatic carbocycles. The average Bonchev–Trinajstić information content (AvgIpc) is 2.93. The molecule has 1 aliphatic heterocycles. The van der Waals surface area contributed by atoms with Crippen LogP contribution >= 0.6 is 0 Å². The minimum Gasteiger partial charge on any atom is -0.344 e. The average molecular weight is 383 g/mol. The summed E-state index contributed by atoms with van der Waals surface area (Å²) in [6.45, 7) is 7.40. The van der Waals surface area contributed by atoms with E-state index in [1.165, 1.54) is 11.1 Å². The van der Waals surface area contributed by atoms with Crippen LogP contribution in [0.1, 0.15) is 46.2 Å². The topological polar surface area (TPSA) is 58.4 Å². The number of Topliss-reactive ketones (excluding diaryl/α,β-unsaturated/α-hetero) is 1. The summed E-state index contributed by atoms with van der Waals surface area (Å²) in [5.41, 5.74) is 4.99. The van der Waals surface area contributed by atoms with Crippen LogP contribution in [0.25, 0.3) is 0 Å². The maximum absolute atomic E-state index is 12.7. The van der Waals surface area contributed by atoms with E-state index in [9.17, 15) is 9.59 Å². The van der Waals surface area contributed by atoms with Crippen LogP contribution in [0.2, 0.25) is 0 Å². The molecule has 2 heterocycles. The zero-order valence-corrected chi connectivity index (χ0v) is 17.5. The van der Waals surface area contributed by atoms with E-state index in [4.69, 9.17) is 0 Å². The Labute approximate surface area is 167 Å². The smallest absolute Gasteiger partial charge is 0.224 e. The van der Waals surface area contributed by atoms with Gasteiger partial charge in [0.15, 0.2) is 5.78 Å². The summed E-state index contributed by atoms with van der Waals surface area (Å²) in [5.74, 6) is 0.120. The molecule has 2 aromatic rings. The molecule has 0 bridgehead atoms. The summed E-state index contributed by atoms with van der Waals surface area (Å²) in [6, 6.07) is 8.86. The molecule has 6 nitrogen and oxygen atoms in total. The van der Waals surface area contributed by atoms with Gasteiger partial charge in [0.1, 0.15) is 0 Å². The second kappa shape index (κ2) is 8.27. The predicted molar refractivity (Wildman–Crippen MR) is 109 cm³/mol. The lowest BCUT2D eigenvalue weighted by molar-refractivity contribution is -0.131. The van der Waals surface area contributed by atoms with Gasteiger partial charge in [0, 0.05) is 44.8 Å². The number of carbonyl (C=O) groups excluding carboxylic acids is 2. The quantitative estimate of drug-likeness (QED) is 0.721. The van der Waals surface area contributed by atoms with Crippen molar-refractivity contribution in [1.29, 1.82) is 0 Å². The number of likely N-dealkylation sites (N-methyl/N-ethyl adjacent to an activating group) is 2. The number of benzene rings is 1. The number of amides is 1. The number of carbonyl (C=O) groups is 2. The summed E-state index contributed by atoms with van der Waals surface area (Å²) < 4.78 is 1.78. The van der Waals surface area contributed by atoms with Crippen molar-refractivity contribution in [3.05, 3.63) is 52.3 Å². The van der Waals surface area contributed by atoms with Crippen LogP contribution in [0.3, 0.4) is 0 Å². The fourth-order valence-corrected chi connectivity index (χ4v) is 4.16. The summed E-state index contributed by atoms with van der Waals surface area (Å²) in [7, 11) is 4.00. The molecular formula is C22H30N4O2. The van der Waals surface area contributed by atoms with E-state index >= 15 is 0 Å². The number of aromatic nitrogens is 2. The van der Waals surface area contributed by atoms with Crippen molar-refractivity contribution >= 4 is 11.7 Å². The van der Waals surface area contributed by atoms with Gasteiger partial charge in [-0.05, 0) is 45.4 Å². The molecule has 28 heavy (non-hydrogen) atoms. The number of ketones is 1. The van der Waals surface area contributed by atoms with Crippen LogP contribution < -0.4 is 0 Å². The molecule has 1 atom stereocenters. The Bertz CT molecular complexity index is 887. The van der Waals surface area contributed by atoms with Gasteiger partial charge in [-0.25, -0.2) is 0 Å². The molecule has 0 N–H and O–H groups in total. The number of nitrogens with zero attached hydrogens (tertiary/aromatic N) is 4. The summed E-state index contributed by atoms with van der Waals surface area (Å²) >= 11 is 0. The monoisotopic (exact) mass is 382 g/mol. The molecule has 1 aromatic carbocycles. The highest BCUT2D eigenvalue weighted by Gasteiger charge is 2.25. The maximum Gasteiger partial charge on any atom is 0.224 e. The molecule has 0 radical (unpaired) electrons. The van der Waals surface area contributed by atoms with E-state index in [2.05, 4.69) is 41.3 Å². The first kappa shape index (κ1) is 20.3. The number of hydrogen-bond donors (Lipinski definition) is 0. The largest absolute Gasteiger partial charge is 0.344 e. The Kier molecular flexibility index (Phi) is 5.98. The van der Waals surface area contributed by atoms with Gasteiger partial charge in [0.05, 0.1) is 11.3 Å². The van der Waals surface area contributed by atoms with E-state index in [-0.39, 0.29) is 11.7 Å². The fourth-order valence-electron chi connectivity index (χ4n) is 4.16. The van der Waals surface area contributed by atoms with Gasteiger partial charge in [0.25, 0.3) is 0 Å². The highest BCUT2D eigenvalue weighted by atomic mass is 16.2. The van der Waals surface area contributed by atoms with Crippen molar-refractivity contribution in [2.45, 2.75) is 52.7 Å². The van der Waals surface area contributed by atoms with Gasteiger partial charge < -0.3 is 4.90 Å². The van der Waals surface area contributed by atoms with Gasteiger partial charge in [-0.1, -0.05) is 24.3 Å². The lowest BCUT2D eigenvalue weighted by Crippen LogP contribution is -2.46. The minimum absolute atomic E-state index is 0.0188. The van der Waals surface area contributed by atoms with Gasteiger partial charge in [-0.2, -0.15) is 5.10 Å². The SMILES string of the molecule is CC(=O)c1c(C)nn(CCC(=O)N(C)C[C@@H]2Cc3ccccc3CN2C)c1C. The summed E-state index contributed by atoms with van der Waals surface area (Å²) in [6.07, 6.45) is 1.34. The lowest BCUT2D eigenvalue weighted by Gasteiger charge is -2.36. The lowest BCUT2D eigenvalue weighted by atomic mass is 9.94. The molecule has 0 unspecified atom stereocenters. The van der Waals surface area contributed by atoms with E-state index < -0.39 is 0 Å². The Balaban J connectivity index is 1.58. The second-order valence-corrected chi connectivity index (χ2v) is 7.89. The number of hydrogen-bond acceptors (Lipinski definition) is 4. The highest BCUT2D eigenvalue weighted by molar-refractivity contribution is 5.96. The van der Waals surface area contributed by atoms with E-state index in [0.29, 0.717) is 31.1 Å². The van der Waals surface area contributed by atoms with Crippen molar-refractivity contribution in [1.82, 2.24) is 19.6 Å². The van der Waals surface area contributed by atoms with Crippen molar-refractivity contribution < 1.29 is 9.59 Å². The molecule has 0 saturated heterocycles. The molecule has 1 aromatic heterocycles. The van der Waals surface area contributed by atoms with Crippen LogP contribution in [0, 0.1) is 13.8 Å². The molecule has 0 saturated carbocycles. The molecule has 1 aliphatic rings. The minimum atomic E-state index is 0.0188. The Hall–Kier alpha value is -2.47. The zero-order chi connectivity index (χ0) is 20.4. The van der Waals surface area contributed by atoms with Gasteiger partial charge in [0.2, 0.25) is 5.91 Å². The molecular weight excluding hydrogens is 352 g/mol. The second-order valence-electron chi connectivity index (χ2n) is 7.89. The normalized spacial score (nSPS) is 16.7. The van der Waals surface area contributed by atoms with Crippen LogP contribution in [-0.2, 0) is 24.3 Å². The zero-order valence-electron chi connectivity index (χ0n) is 17.5. The third-order valence-electron chi connectivity index (χ3n) is 5.80. The number of fused-ring (bicyclic) bond motifs is 1. The van der Waals surface area contributed by atoms with Crippen LogP contribution in [0.15, 0.2) is 24.3 Å². The molecule has 150 valence electrons. The number of aryl methyl sites for hydroxylation is 2. The van der Waals surface area contributed by atoms with Crippen molar-refractivity contribution in [3.63, 3.8) is 0 Å². The summed E-state index contributed by atoms with van der Waals surface area (Å²) in [4.78, 5) is 28.6. The van der Waals surface area contributed by atoms with E-state index in [1.54, 1.807) is 11.6 Å². The van der Waals surface area contributed by atoms with Gasteiger partial charge >= 0.3 is 0 Å². The molecule has 0 spiro atoms. The predicted octanol–water partition coefficient (Wildman–Crippen LogP) is 2.61. The van der Waals surface area contributed by atoms with Crippen molar-refractivity contribution in [3.8, 4) is 0 Å². The molecule has 6 heteroatoms. The van der Waals surface area contributed by atoms with Crippen LogP contribution in [0.5, 0.6) is 0 Å². The Morgan fingerprint density at radius 2 is 1.89 bits per heavy atom. The van der Waals surface area contributed by atoms with Crippen molar-refractivity contribution in [2.24, 2.45) is 0 Å². The molecule has 1 amide bonds. The van der Waals surface area contributed by atoms with Gasteiger partial charge in [-0.3, -0.25) is 19.2 Å². The first-order valence-electron chi connectivity index (χ1n) is 9.83. The molecule has 3 rings (SSSR count). The first-order valence-corrected chi connectivity index (χ1v) is 9.83. The summed E-state index contributed by atoms with van der Waals surface area (Å²) in [5, 5.41) is 4.43. The van der Waals surface area contributed by atoms with E-state index in [1.807, 2.05) is 25.8 Å².